The molecule has 16 heavy (non-hydrogen) atoms. The fourth-order valence-electron chi connectivity index (χ4n) is 1.51. The molecular formula is C10H7BrN4O. The van der Waals surface area contributed by atoms with Crippen molar-refractivity contribution in [3.8, 4) is 11.5 Å². The van der Waals surface area contributed by atoms with Gasteiger partial charge in [-0.15, -0.1) is 0 Å². The van der Waals surface area contributed by atoms with E-state index in [0.717, 1.165) is 15.6 Å². The minimum absolute atomic E-state index is 0.508. The first-order chi connectivity index (χ1) is 7.74. The largest absolute Gasteiger partial charge is 0.434 e. The first kappa shape index (κ1) is 9.41. The molecule has 0 bridgehead atoms. The maximum atomic E-state index is 5.84. The number of aromatic nitrogens is 3. The second kappa shape index (κ2) is 3.34. The highest BCUT2D eigenvalue weighted by Gasteiger charge is 2.11. The summed E-state index contributed by atoms with van der Waals surface area (Å²) in [5, 5.41) is 6.55. The van der Waals surface area contributed by atoms with Crippen LogP contribution >= 0.6 is 15.9 Å². The number of fused-ring (bicyclic) bond motifs is 1. The number of aromatic amines is 1. The van der Waals surface area contributed by atoms with Crippen LogP contribution in [0.2, 0.25) is 0 Å². The number of benzene rings is 1. The van der Waals surface area contributed by atoms with Crippen molar-refractivity contribution >= 4 is 32.7 Å². The molecule has 0 amide bonds. The Kier molecular flexibility index (Phi) is 1.97. The molecule has 6 heteroatoms. The van der Waals surface area contributed by atoms with E-state index < -0.39 is 0 Å². The van der Waals surface area contributed by atoms with Gasteiger partial charge in [0.15, 0.2) is 5.58 Å². The summed E-state index contributed by atoms with van der Waals surface area (Å²) in [6, 6.07) is 3.64. The number of halogens is 1. The highest BCUT2D eigenvalue weighted by molar-refractivity contribution is 9.10. The van der Waals surface area contributed by atoms with Crippen LogP contribution < -0.4 is 5.73 Å². The molecule has 3 aromatic rings. The minimum atomic E-state index is 0.508. The lowest BCUT2D eigenvalue weighted by Crippen LogP contribution is -1.84. The lowest BCUT2D eigenvalue weighted by Gasteiger charge is -1.93. The van der Waals surface area contributed by atoms with Crippen molar-refractivity contribution in [2.45, 2.75) is 0 Å². The zero-order valence-corrected chi connectivity index (χ0v) is 9.65. The molecule has 0 aliphatic rings. The number of nitrogens with zero attached hydrogens (tertiary/aromatic N) is 2. The third kappa shape index (κ3) is 1.38. The fraction of sp³-hybridized carbons (Fsp3) is 0. The standard InChI is InChI=1S/C10H7BrN4O/c11-6-1-7(12)9-8(2-6)15-10(16-9)5-3-13-14-4-5/h1-4H,12H2,(H,13,14). The number of nitrogen functional groups attached to an aromatic ring is 1. The monoisotopic (exact) mass is 278 g/mol. The van der Waals surface area contributed by atoms with Gasteiger partial charge in [-0.2, -0.15) is 5.10 Å². The van der Waals surface area contributed by atoms with Gasteiger partial charge in [0.25, 0.3) is 0 Å². The average molecular weight is 279 g/mol. The van der Waals surface area contributed by atoms with Crippen LogP contribution in [0.5, 0.6) is 0 Å². The highest BCUT2D eigenvalue weighted by atomic mass is 79.9. The zero-order chi connectivity index (χ0) is 11.1. The van der Waals surface area contributed by atoms with E-state index in [4.69, 9.17) is 10.2 Å². The Bertz CT molecular complexity index is 644. The maximum Gasteiger partial charge on any atom is 0.230 e. The predicted octanol–water partition coefficient (Wildman–Crippen LogP) is 2.56. The highest BCUT2D eigenvalue weighted by Crippen LogP contribution is 2.30. The van der Waals surface area contributed by atoms with E-state index in [-0.39, 0.29) is 0 Å². The molecule has 1 aromatic carbocycles. The lowest BCUT2D eigenvalue weighted by molar-refractivity contribution is 0.621. The summed E-state index contributed by atoms with van der Waals surface area (Å²) in [4.78, 5) is 4.34. The van der Waals surface area contributed by atoms with Gasteiger partial charge in [-0.3, -0.25) is 5.10 Å². The van der Waals surface area contributed by atoms with Crippen molar-refractivity contribution in [2.24, 2.45) is 0 Å². The molecule has 0 unspecified atom stereocenters. The summed E-state index contributed by atoms with van der Waals surface area (Å²) in [7, 11) is 0. The summed E-state index contributed by atoms with van der Waals surface area (Å²) in [6.07, 6.45) is 3.37. The van der Waals surface area contributed by atoms with Crippen molar-refractivity contribution in [2.75, 3.05) is 5.73 Å². The van der Waals surface area contributed by atoms with Gasteiger partial charge < -0.3 is 10.2 Å². The van der Waals surface area contributed by atoms with E-state index in [2.05, 4.69) is 31.1 Å². The number of nitrogens with one attached hydrogen (secondary N) is 1. The number of nitrogens with two attached hydrogens (primary N) is 1. The van der Waals surface area contributed by atoms with Gasteiger partial charge in [-0.25, -0.2) is 4.98 Å². The molecule has 0 saturated carbocycles. The smallest absolute Gasteiger partial charge is 0.230 e. The number of oxazole rings is 1. The van der Waals surface area contributed by atoms with Crippen LogP contribution in [0.1, 0.15) is 0 Å². The average Bonchev–Trinajstić information content (AvgIpc) is 2.82. The minimum Gasteiger partial charge on any atom is -0.434 e. The molecular weight excluding hydrogens is 272 g/mol. The molecule has 0 saturated heterocycles. The molecule has 3 rings (SSSR count). The van der Waals surface area contributed by atoms with Gasteiger partial charge in [-0.05, 0) is 12.1 Å². The number of anilines is 1. The van der Waals surface area contributed by atoms with Crippen LogP contribution in [-0.2, 0) is 0 Å². The van der Waals surface area contributed by atoms with E-state index in [9.17, 15) is 0 Å². The molecule has 2 heterocycles. The van der Waals surface area contributed by atoms with Crippen molar-refractivity contribution in [3.05, 3.63) is 29.0 Å². The van der Waals surface area contributed by atoms with Gasteiger partial charge in [0.1, 0.15) is 5.52 Å². The molecule has 3 N–H and O–H groups in total. The number of hydrogen-bond acceptors (Lipinski definition) is 4. The van der Waals surface area contributed by atoms with Crippen LogP contribution in [-0.4, -0.2) is 15.2 Å². The van der Waals surface area contributed by atoms with E-state index in [1.807, 2.05) is 6.07 Å². The summed E-state index contributed by atoms with van der Waals surface area (Å²) < 4.78 is 6.46. The Morgan fingerprint density at radius 1 is 1.38 bits per heavy atom. The van der Waals surface area contributed by atoms with Gasteiger partial charge in [0, 0.05) is 10.7 Å². The van der Waals surface area contributed by atoms with Gasteiger partial charge in [0.2, 0.25) is 5.89 Å². The number of H-pyrrole nitrogens is 1. The van der Waals surface area contributed by atoms with E-state index >= 15 is 0 Å². The number of rotatable bonds is 1. The third-order valence-corrected chi connectivity index (χ3v) is 2.69. The predicted molar refractivity (Wildman–Crippen MR) is 63.7 cm³/mol. The van der Waals surface area contributed by atoms with E-state index in [1.54, 1.807) is 18.5 Å². The fourth-order valence-corrected chi connectivity index (χ4v) is 1.98. The normalized spacial score (nSPS) is 11.1. The summed E-state index contributed by atoms with van der Waals surface area (Å²) in [5.74, 6) is 0.508. The van der Waals surface area contributed by atoms with E-state index in [0.29, 0.717) is 17.2 Å². The first-order valence-electron chi connectivity index (χ1n) is 4.59. The van der Waals surface area contributed by atoms with Gasteiger partial charge in [0.05, 0.1) is 17.4 Å². The van der Waals surface area contributed by atoms with E-state index in [1.165, 1.54) is 0 Å². The summed E-state index contributed by atoms with van der Waals surface area (Å²) >= 11 is 3.36. The topological polar surface area (TPSA) is 80.7 Å². The summed E-state index contributed by atoms with van der Waals surface area (Å²) in [5.41, 5.74) is 8.52. The Labute approximate surface area is 98.8 Å². The SMILES string of the molecule is Nc1cc(Br)cc2nc(-c3cn[nH]c3)oc12. The third-order valence-electron chi connectivity index (χ3n) is 2.23. The van der Waals surface area contributed by atoms with Crippen molar-refractivity contribution < 1.29 is 4.42 Å². The van der Waals surface area contributed by atoms with Crippen LogP contribution in [0.25, 0.3) is 22.6 Å². The molecule has 0 fully saturated rings. The van der Waals surface area contributed by atoms with Crippen LogP contribution in [0.15, 0.2) is 33.4 Å². The van der Waals surface area contributed by atoms with Crippen molar-refractivity contribution in [1.29, 1.82) is 0 Å². The van der Waals surface area contributed by atoms with Crippen molar-refractivity contribution in [3.63, 3.8) is 0 Å². The van der Waals surface area contributed by atoms with Gasteiger partial charge >= 0.3 is 0 Å². The van der Waals surface area contributed by atoms with Crippen LogP contribution in [0.4, 0.5) is 5.69 Å². The molecule has 0 radical (unpaired) electrons. The molecule has 0 spiro atoms. The second-order valence-electron chi connectivity index (χ2n) is 3.35. The van der Waals surface area contributed by atoms with Crippen LogP contribution in [0, 0.1) is 0 Å². The maximum absolute atomic E-state index is 5.84. The Balaban J connectivity index is 2.27. The van der Waals surface area contributed by atoms with Crippen LogP contribution in [0.3, 0.4) is 0 Å². The van der Waals surface area contributed by atoms with Gasteiger partial charge in [-0.1, -0.05) is 15.9 Å². The molecule has 80 valence electrons. The first-order valence-corrected chi connectivity index (χ1v) is 5.38. The van der Waals surface area contributed by atoms with Crippen molar-refractivity contribution in [1.82, 2.24) is 15.2 Å². The zero-order valence-electron chi connectivity index (χ0n) is 8.07. The number of hydrogen-bond donors (Lipinski definition) is 2. The molecule has 0 aliphatic heterocycles. The Morgan fingerprint density at radius 3 is 3.00 bits per heavy atom. The Hall–Kier alpha value is -1.82. The molecule has 5 nitrogen and oxygen atoms in total. The lowest BCUT2D eigenvalue weighted by atomic mass is 10.3. The molecule has 0 aliphatic carbocycles. The molecule has 2 aromatic heterocycles. The summed E-state index contributed by atoms with van der Waals surface area (Å²) in [6.45, 7) is 0. The quantitative estimate of drug-likeness (QED) is 0.671. The Morgan fingerprint density at radius 2 is 2.25 bits per heavy atom. The second-order valence-corrected chi connectivity index (χ2v) is 4.26. The molecule has 0 atom stereocenters.